The number of rotatable bonds is 5. The molecule has 5 heteroatoms. The standard InChI is InChI=1S/C17H17NO3S/c1-12-3-5-13(6-4-12)17(20)18-14-7-9-15(10-8-14)22-11-16(19)21-2/h3-10H,11H2,1-2H3,(H,18,20). The lowest BCUT2D eigenvalue weighted by Gasteiger charge is -2.07. The molecule has 114 valence electrons. The van der Waals surface area contributed by atoms with Crippen LogP contribution in [0.1, 0.15) is 15.9 Å². The molecule has 1 N–H and O–H groups in total. The Morgan fingerprint density at radius 1 is 1.05 bits per heavy atom. The summed E-state index contributed by atoms with van der Waals surface area (Å²) in [5.41, 5.74) is 2.45. The molecular weight excluding hydrogens is 298 g/mol. The lowest BCUT2D eigenvalue weighted by molar-refractivity contribution is -0.137. The Balaban J connectivity index is 1.94. The van der Waals surface area contributed by atoms with Crippen molar-refractivity contribution in [1.82, 2.24) is 0 Å². The van der Waals surface area contributed by atoms with Gasteiger partial charge in [0, 0.05) is 16.1 Å². The molecule has 0 unspecified atom stereocenters. The van der Waals surface area contributed by atoms with E-state index in [-0.39, 0.29) is 17.6 Å². The van der Waals surface area contributed by atoms with Crippen molar-refractivity contribution in [1.29, 1.82) is 0 Å². The number of amides is 1. The van der Waals surface area contributed by atoms with Crippen LogP contribution < -0.4 is 5.32 Å². The van der Waals surface area contributed by atoms with Gasteiger partial charge in [-0.3, -0.25) is 9.59 Å². The molecule has 0 aromatic heterocycles. The molecule has 0 saturated heterocycles. The van der Waals surface area contributed by atoms with E-state index < -0.39 is 0 Å². The summed E-state index contributed by atoms with van der Waals surface area (Å²) in [4.78, 5) is 24.1. The molecule has 4 nitrogen and oxygen atoms in total. The van der Waals surface area contributed by atoms with Crippen LogP contribution in [0, 0.1) is 6.92 Å². The summed E-state index contributed by atoms with van der Waals surface area (Å²) in [6, 6.07) is 14.7. The SMILES string of the molecule is COC(=O)CSc1ccc(NC(=O)c2ccc(C)cc2)cc1. The minimum absolute atomic E-state index is 0.144. The maximum absolute atomic E-state index is 12.1. The predicted molar refractivity (Wildman–Crippen MR) is 88.3 cm³/mol. The third-order valence-electron chi connectivity index (χ3n) is 3.01. The van der Waals surface area contributed by atoms with Gasteiger partial charge in [0.05, 0.1) is 12.9 Å². The molecule has 2 aromatic rings. The van der Waals surface area contributed by atoms with Gasteiger partial charge in [0.2, 0.25) is 0 Å². The number of anilines is 1. The average molecular weight is 315 g/mol. The van der Waals surface area contributed by atoms with E-state index in [2.05, 4.69) is 10.1 Å². The van der Waals surface area contributed by atoms with Crippen molar-refractivity contribution in [3.05, 3.63) is 59.7 Å². The van der Waals surface area contributed by atoms with Crippen LogP contribution >= 0.6 is 11.8 Å². The van der Waals surface area contributed by atoms with Gasteiger partial charge in [-0.05, 0) is 43.3 Å². The Labute approximate surface area is 133 Å². The van der Waals surface area contributed by atoms with Gasteiger partial charge < -0.3 is 10.1 Å². The molecule has 0 saturated carbocycles. The summed E-state index contributed by atoms with van der Waals surface area (Å²) < 4.78 is 4.59. The van der Waals surface area contributed by atoms with Crippen molar-refractivity contribution in [2.24, 2.45) is 0 Å². The largest absolute Gasteiger partial charge is 0.468 e. The summed E-state index contributed by atoms with van der Waals surface area (Å²) in [5, 5.41) is 2.84. The number of aryl methyl sites for hydroxylation is 1. The van der Waals surface area contributed by atoms with Crippen LogP contribution in [-0.2, 0) is 9.53 Å². The molecule has 0 bridgehead atoms. The van der Waals surface area contributed by atoms with Crippen molar-refractivity contribution in [2.75, 3.05) is 18.2 Å². The molecule has 0 fully saturated rings. The molecular formula is C17H17NO3S. The first kappa shape index (κ1) is 16.1. The van der Waals surface area contributed by atoms with E-state index in [1.165, 1.54) is 18.9 Å². The zero-order valence-electron chi connectivity index (χ0n) is 12.5. The van der Waals surface area contributed by atoms with Crippen molar-refractivity contribution in [2.45, 2.75) is 11.8 Å². The quantitative estimate of drug-likeness (QED) is 0.677. The highest BCUT2D eigenvalue weighted by molar-refractivity contribution is 8.00. The maximum atomic E-state index is 12.1. The van der Waals surface area contributed by atoms with Gasteiger partial charge in [-0.15, -0.1) is 11.8 Å². The fourth-order valence-electron chi connectivity index (χ4n) is 1.74. The fraction of sp³-hybridized carbons (Fsp3) is 0.176. The molecule has 0 atom stereocenters. The van der Waals surface area contributed by atoms with Gasteiger partial charge in [0.15, 0.2) is 0 Å². The minimum atomic E-state index is -0.262. The summed E-state index contributed by atoms with van der Waals surface area (Å²) in [7, 11) is 1.37. The van der Waals surface area contributed by atoms with E-state index in [0.29, 0.717) is 11.3 Å². The summed E-state index contributed by atoms with van der Waals surface area (Å²) in [5.74, 6) is -0.136. The second-order valence-corrected chi connectivity index (χ2v) is 5.76. The molecule has 0 aliphatic rings. The second kappa shape index (κ2) is 7.66. The third kappa shape index (κ3) is 4.63. The van der Waals surface area contributed by atoms with Gasteiger partial charge in [-0.1, -0.05) is 17.7 Å². The Morgan fingerprint density at radius 3 is 2.27 bits per heavy atom. The number of esters is 1. The summed E-state index contributed by atoms with van der Waals surface area (Å²) in [6.07, 6.45) is 0. The second-order valence-electron chi connectivity index (χ2n) is 4.71. The number of carbonyl (C=O) groups is 2. The number of nitrogens with one attached hydrogen (secondary N) is 1. The topological polar surface area (TPSA) is 55.4 Å². The molecule has 0 heterocycles. The Bertz CT molecular complexity index is 651. The van der Waals surface area contributed by atoms with Gasteiger partial charge in [-0.2, -0.15) is 0 Å². The van der Waals surface area contributed by atoms with Gasteiger partial charge >= 0.3 is 5.97 Å². The minimum Gasteiger partial charge on any atom is -0.468 e. The summed E-state index contributed by atoms with van der Waals surface area (Å²) in [6.45, 7) is 1.98. The predicted octanol–water partition coefficient (Wildman–Crippen LogP) is 3.51. The highest BCUT2D eigenvalue weighted by Crippen LogP contribution is 2.20. The number of hydrogen-bond acceptors (Lipinski definition) is 4. The van der Waals surface area contributed by atoms with Crippen molar-refractivity contribution < 1.29 is 14.3 Å². The smallest absolute Gasteiger partial charge is 0.315 e. The van der Waals surface area contributed by atoms with E-state index in [9.17, 15) is 9.59 Å². The average Bonchev–Trinajstić information content (AvgIpc) is 2.54. The van der Waals surface area contributed by atoms with Crippen LogP contribution in [0.25, 0.3) is 0 Å². The molecule has 22 heavy (non-hydrogen) atoms. The third-order valence-corrected chi connectivity index (χ3v) is 4.00. The highest BCUT2D eigenvalue weighted by Gasteiger charge is 2.06. The first-order valence-corrected chi connectivity index (χ1v) is 7.75. The van der Waals surface area contributed by atoms with E-state index in [4.69, 9.17) is 0 Å². The zero-order chi connectivity index (χ0) is 15.9. The Morgan fingerprint density at radius 2 is 1.68 bits per heavy atom. The fourth-order valence-corrected chi connectivity index (χ4v) is 2.47. The van der Waals surface area contributed by atoms with Crippen LogP contribution in [0.4, 0.5) is 5.69 Å². The molecule has 0 aliphatic carbocycles. The Hall–Kier alpha value is -2.27. The summed E-state index contributed by atoms with van der Waals surface area (Å²) >= 11 is 1.39. The Kier molecular flexibility index (Phi) is 5.61. The molecule has 0 spiro atoms. The zero-order valence-corrected chi connectivity index (χ0v) is 13.3. The van der Waals surface area contributed by atoms with Crippen molar-refractivity contribution in [3.63, 3.8) is 0 Å². The molecule has 2 aromatic carbocycles. The lowest BCUT2D eigenvalue weighted by Crippen LogP contribution is -2.11. The van der Waals surface area contributed by atoms with Crippen molar-refractivity contribution >= 4 is 29.3 Å². The monoisotopic (exact) mass is 315 g/mol. The van der Waals surface area contributed by atoms with E-state index in [1.54, 1.807) is 12.1 Å². The van der Waals surface area contributed by atoms with Gasteiger partial charge in [-0.25, -0.2) is 0 Å². The van der Waals surface area contributed by atoms with Crippen molar-refractivity contribution in [3.8, 4) is 0 Å². The molecule has 0 radical (unpaired) electrons. The van der Waals surface area contributed by atoms with E-state index >= 15 is 0 Å². The lowest BCUT2D eigenvalue weighted by atomic mass is 10.1. The van der Waals surface area contributed by atoms with Crippen LogP contribution in [0.3, 0.4) is 0 Å². The van der Waals surface area contributed by atoms with E-state index in [0.717, 1.165) is 10.5 Å². The maximum Gasteiger partial charge on any atom is 0.315 e. The number of thioether (sulfide) groups is 1. The van der Waals surface area contributed by atoms with Gasteiger partial charge in [0.1, 0.15) is 0 Å². The molecule has 0 aliphatic heterocycles. The molecule has 1 amide bonds. The molecule has 2 rings (SSSR count). The van der Waals surface area contributed by atoms with Crippen LogP contribution in [0.2, 0.25) is 0 Å². The van der Waals surface area contributed by atoms with Crippen LogP contribution in [0.5, 0.6) is 0 Å². The van der Waals surface area contributed by atoms with Crippen LogP contribution in [-0.4, -0.2) is 24.7 Å². The number of benzene rings is 2. The number of methoxy groups -OCH3 is 1. The first-order valence-electron chi connectivity index (χ1n) is 6.76. The van der Waals surface area contributed by atoms with Crippen LogP contribution in [0.15, 0.2) is 53.4 Å². The number of carbonyl (C=O) groups excluding carboxylic acids is 2. The number of hydrogen-bond donors (Lipinski definition) is 1. The first-order chi connectivity index (χ1) is 10.6. The highest BCUT2D eigenvalue weighted by atomic mass is 32.2. The number of ether oxygens (including phenoxy) is 1. The normalized spacial score (nSPS) is 10.1. The van der Waals surface area contributed by atoms with Gasteiger partial charge in [0.25, 0.3) is 5.91 Å². The van der Waals surface area contributed by atoms with E-state index in [1.807, 2.05) is 43.3 Å².